The number of hydrogen-bond donors (Lipinski definition) is 0. The molecule has 5 aromatic rings. The van der Waals surface area contributed by atoms with Gasteiger partial charge in [-0.2, -0.15) is 0 Å². The van der Waals surface area contributed by atoms with Gasteiger partial charge in [-0.1, -0.05) is 99.8 Å². The zero-order valence-corrected chi connectivity index (χ0v) is 31.9. The summed E-state index contributed by atoms with van der Waals surface area (Å²) in [5.74, 6) is 0. The van der Waals surface area contributed by atoms with E-state index in [1.807, 2.05) is 0 Å². The fourth-order valence-electron chi connectivity index (χ4n) is 8.67. The lowest BCUT2D eigenvalue weighted by molar-refractivity contribution is 0.122. The minimum atomic E-state index is 0.698. The summed E-state index contributed by atoms with van der Waals surface area (Å²) in [6.07, 6.45) is 4.24. The first-order chi connectivity index (χ1) is 24.4. The third-order valence-corrected chi connectivity index (χ3v) is 12.9. The molecule has 10 heteroatoms. The van der Waals surface area contributed by atoms with Crippen LogP contribution in [0.5, 0.6) is 0 Å². The number of benzene rings is 5. The van der Waals surface area contributed by atoms with E-state index in [0.717, 1.165) is 107 Å². The smallest absolute Gasteiger partial charge is 0.114 e. The fraction of sp³-hybridized carbons (Fsp3) is 0.400. The van der Waals surface area contributed by atoms with Gasteiger partial charge in [-0.25, -0.2) is 0 Å². The van der Waals surface area contributed by atoms with Crippen molar-refractivity contribution in [2.45, 2.75) is 39.5 Å². The van der Waals surface area contributed by atoms with Crippen molar-refractivity contribution in [3.05, 3.63) is 58.7 Å². The molecule has 256 valence electrons. The van der Waals surface area contributed by atoms with Gasteiger partial charge in [0, 0.05) is 105 Å². The van der Waals surface area contributed by atoms with Gasteiger partial charge in [0.1, 0.15) is 20.0 Å². The lowest BCUT2D eigenvalue weighted by Crippen LogP contribution is -2.41. The molecule has 0 aliphatic carbocycles. The van der Waals surface area contributed by atoms with E-state index >= 15 is 0 Å². The molecule has 0 unspecified atom stereocenters. The number of morpholine rings is 2. The van der Waals surface area contributed by atoms with Gasteiger partial charge in [0.2, 0.25) is 0 Å². The van der Waals surface area contributed by atoms with Gasteiger partial charge >= 0.3 is 0 Å². The highest BCUT2D eigenvalue weighted by atomic mass is 32.1. The maximum Gasteiger partial charge on any atom is 0.114 e. The molecule has 0 spiro atoms. The van der Waals surface area contributed by atoms with Crippen molar-refractivity contribution in [2.24, 2.45) is 0 Å². The quantitative estimate of drug-likeness (QED) is 0.0881. The Hall–Kier alpha value is -3.12. The van der Waals surface area contributed by atoms with E-state index in [1.54, 1.807) is 0 Å². The summed E-state index contributed by atoms with van der Waals surface area (Å²) < 4.78 is 11.7. The van der Waals surface area contributed by atoms with Crippen LogP contribution in [0.2, 0.25) is 0 Å². The van der Waals surface area contributed by atoms with Crippen LogP contribution in [0, 0.1) is 0 Å². The summed E-state index contributed by atoms with van der Waals surface area (Å²) in [5, 5.41) is 9.82. The number of anilines is 2. The monoisotopic (exact) mass is 736 g/mol. The zero-order valence-electron chi connectivity index (χ0n) is 28.6. The molecule has 0 N–H and O–H groups in total. The van der Waals surface area contributed by atoms with Gasteiger partial charge in [-0.05, 0) is 35.7 Å². The molecule has 4 aliphatic rings. The summed E-state index contributed by atoms with van der Waals surface area (Å²) in [6, 6.07) is 13.9. The van der Waals surface area contributed by atoms with Gasteiger partial charge in [0.05, 0.1) is 26.4 Å². The summed E-state index contributed by atoms with van der Waals surface area (Å²) in [4.78, 5) is 12.7. The molecule has 0 aromatic heterocycles. The predicted molar refractivity (Wildman–Crippen MR) is 224 cm³/mol. The third-order valence-electron chi connectivity index (χ3n) is 11.1. The Morgan fingerprint density at radius 1 is 0.500 bits per heavy atom. The Kier molecular flexibility index (Phi) is 8.41. The number of unbranched alkanes of at least 4 members (excludes halogenated alkanes) is 2. The molecule has 4 heterocycles. The number of rotatable bonds is 8. The minimum absolute atomic E-state index is 0.698. The first-order valence-corrected chi connectivity index (χ1v) is 19.7. The summed E-state index contributed by atoms with van der Waals surface area (Å²) in [5.41, 5.74) is 6.85. The molecule has 4 aliphatic heterocycles. The van der Waals surface area contributed by atoms with Crippen molar-refractivity contribution >= 4 is 123 Å². The Balaban J connectivity index is 1.45. The van der Waals surface area contributed by atoms with Crippen molar-refractivity contribution in [2.75, 3.05) is 75.5 Å². The van der Waals surface area contributed by atoms with Crippen molar-refractivity contribution in [1.29, 1.82) is 0 Å². The van der Waals surface area contributed by atoms with Crippen molar-refractivity contribution in [3.63, 3.8) is 0 Å². The summed E-state index contributed by atoms with van der Waals surface area (Å²) in [6.45, 7) is 12.2. The maximum absolute atomic E-state index is 6.34. The standard InChI is InChI=1S/C40H40N4O2S4/c1-3-5-11-43-37(47)25-9-7-23-34-30(42-15-19-46-20-16-42)22-28-32-26(38(48)44(40(28)50)12-6-4-2)10-8-24(36(32)34)33-29(41-13-17-45-18-14-41)21-27(39(43)49)31(25)35(23)33/h7-10,21-22H,3-6,11-20H2,1-2H3. The van der Waals surface area contributed by atoms with Crippen LogP contribution < -0.4 is 9.80 Å². The Morgan fingerprint density at radius 3 is 1.26 bits per heavy atom. The third kappa shape index (κ3) is 4.75. The summed E-state index contributed by atoms with van der Waals surface area (Å²) >= 11 is 25.2. The van der Waals surface area contributed by atoms with Crippen molar-refractivity contribution in [3.8, 4) is 0 Å². The number of hydrogen-bond acceptors (Lipinski definition) is 8. The second-order valence-electron chi connectivity index (χ2n) is 13.9. The lowest BCUT2D eigenvalue weighted by Gasteiger charge is -2.38. The molecule has 9 rings (SSSR count). The van der Waals surface area contributed by atoms with E-state index in [2.05, 4.69) is 69.8 Å². The SMILES string of the molecule is CCCCN1C(=S)c2ccc3c4c(N5CCOCC5)cc5c6c(ccc(c7c(N8CCOCC8)cc(c2c37)C1=S)c64)C(=S)N(CCCC)C5=S. The highest BCUT2D eigenvalue weighted by molar-refractivity contribution is 7.83. The Bertz CT molecular complexity index is 2110. The molecule has 0 saturated carbocycles. The van der Waals surface area contributed by atoms with E-state index < -0.39 is 0 Å². The van der Waals surface area contributed by atoms with Crippen molar-refractivity contribution in [1.82, 2.24) is 9.80 Å². The number of thiocarbonyl (C=S) groups is 4. The second-order valence-corrected chi connectivity index (χ2v) is 15.4. The molecule has 2 fully saturated rings. The van der Waals surface area contributed by atoms with E-state index in [1.165, 1.54) is 54.5 Å². The lowest BCUT2D eigenvalue weighted by atomic mass is 9.81. The van der Waals surface area contributed by atoms with Crippen LogP contribution in [0.15, 0.2) is 36.4 Å². The zero-order chi connectivity index (χ0) is 34.3. The molecule has 5 aromatic carbocycles. The average molecular weight is 737 g/mol. The van der Waals surface area contributed by atoms with Crippen LogP contribution in [0.1, 0.15) is 61.8 Å². The molecule has 0 amide bonds. The van der Waals surface area contributed by atoms with E-state index in [0.29, 0.717) is 26.4 Å². The largest absolute Gasteiger partial charge is 0.378 e. The normalized spacial score (nSPS) is 18.3. The van der Waals surface area contributed by atoms with E-state index in [-0.39, 0.29) is 0 Å². The molecular weight excluding hydrogens is 697 g/mol. The molecule has 0 atom stereocenters. The van der Waals surface area contributed by atoms with Crippen LogP contribution in [0.25, 0.3) is 43.1 Å². The van der Waals surface area contributed by atoms with Gasteiger partial charge < -0.3 is 29.1 Å². The second kappa shape index (κ2) is 12.8. The van der Waals surface area contributed by atoms with Gasteiger partial charge in [-0.3, -0.25) is 0 Å². The topological polar surface area (TPSA) is 31.4 Å². The maximum atomic E-state index is 6.34. The fourth-order valence-corrected chi connectivity index (χ4v) is 10.2. The van der Waals surface area contributed by atoms with Crippen LogP contribution in [-0.4, -0.2) is 95.4 Å². The molecule has 6 nitrogen and oxygen atoms in total. The Morgan fingerprint density at radius 2 is 0.880 bits per heavy atom. The highest BCUT2D eigenvalue weighted by Crippen LogP contribution is 2.52. The summed E-state index contributed by atoms with van der Waals surface area (Å²) in [7, 11) is 0. The Labute approximate surface area is 314 Å². The van der Waals surface area contributed by atoms with Crippen LogP contribution in [0.4, 0.5) is 11.4 Å². The van der Waals surface area contributed by atoms with Gasteiger partial charge in [0.15, 0.2) is 0 Å². The van der Waals surface area contributed by atoms with Crippen molar-refractivity contribution < 1.29 is 9.47 Å². The number of fused-ring (bicyclic) bond motifs is 2. The van der Waals surface area contributed by atoms with Gasteiger partial charge in [-0.15, -0.1) is 0 Å². The predicted octanol–water partition coefficient (Wildman–Crippen LogP) is 8.34. The van der Waals surface area contributed by atoms with Crippen LogP contribution >= 0.6 is 48.9 Å². The minimum Gasteiger partial charge on any atom is -0.378 e. The van der Waals surface area contributed by atoms with E-state index in [9.17, 15) is 0 Å². The molecular formula is C40H40N4O2S4. The highest BCUT2D eigenvalue weighted by Gasteiger charge is 2.35. The molecule has 0 radical (unpaired) electrons. The van der Waals surface area contributed by atoms with Gasteiger partial charge in [0.25, 0.3) is 0 Å². The first-order valence-electron chi connectivity index (χ1n) is 18.1. The van der Waals surface area contributed by atoms with Crippen LogP contribution in [0.3, 0.4) is 0 Å². The molecule has 0 bridgehead atoms. The average Bonchev–Trinajstić information content (AvgIpc) is 3.15. The van der Waals surface area contributed by atoms with Crippen LogP contribution in [-0.2, 0) is 9.47 Å². The number of nitrogens with zero attached hydrogens (tertiary/aromatic N) is 4. The molecule has 50 heavy (non-hydrogen) atoms. The number of ether oxygens (including phenoxy) is 2. The first kappa shape index (κ1) is 32.8. The molecule has 2 saturated heterocycles. The van der Waals surface area contributed by atoms with E-state index in [4.69, 9.17) is 58.3 Å².